The maximum Gasteiger partial charge on any atom is 0.161 e. The molecule has 5 nitrogen and oxygen atoms in total. The fourth-order valence-corrected chi connectivity index (χ4v) is 12.1. The van der Waals surface area contributed by atoms with Crippen molar-refractivity contribution in [1.29, 1.82) is 5.41 Å². The molecule has 15 rings (SSSR count). The van der Waals surface area contributed by atoms with Crippen LogP contribution in [0.3, 0.4) is 0 Å². The van der Waals surface area contributed by atoms with E-state index in [-0.39, 0.29) is 5.84 Å². The molecule has 2 aromatic heterocycles. The predicted octanol–water partition coefficient (Wildman–Crippen LogP) is 17.7. The first-order valence-electron chi connectivity index (χ1n) is 25.4. The third-order valence-corrected chi connectivity index (χ3v) is 15.5. The van der Waals surface area contributed by atoms with Gasteiger partial charge in [0.05, 0.1) is 5.41 Å². The van der Waals surface area contributed by atoms with Gasteiger partial charge in [0.1, 0.15) is 22.3 Å². The number of rotatable bonds is 6. The second-order valence-electron chi connectivity index (χ2n) is 19.6. The zero-order chi connectivity index (χ0) is 49.6. The molecule has 0 fully saturated rings. The van der Waals surface area contributed by atoms with Crippen molar-refractivity contribution in [1.82, 2.24) is 0 Å². The van der Waals surface area contributed by atoms with Gasteiger partial charge in [0, 0.05) is 44.4 Å². The van der Waals surface area contributed by atoms with E-state index < -0.39 is 5.41 Å². The van der Waals surface area contributed by atoms with Gasteiger partial charge < -0.3 is 8.83 Å². The molecule has 0 unspecified atom stereocenters. The number of fused-ring (bicyclic) bond motifs is 16. The van der Waals surface area contributed by atoms with Gasteiger partial charge in [0.15, 0.2) is 11.7 Å². The van der Waals surface area contributed by atoms with Crippen molar-refractivity contribution in [3.8, 4) is 55.6 Å². The highest BCUT2D eigenvalue weighted by atomic mass is 16.3. The van der Waals surface area contributed by atoms with Crippen LogP contribution in [0.25, 0.3) is 99.5 Å². The summed E-state index contributed by atoms with van der Waals surface area (Å²) in [6, 6.07) is 87.5. The van der Waals surface area contributed by atoms with Crippen LogP contribution >= 0.6 is 0 Å². The lowest BCUT2D eigenvalue weighted by Crippen LogP contribution is -2.25. The zero-order valence-corrected chi connectivity index (χ0v) is 40.5. The third-order valence-electron chi connectivity index (χ3n) is 15.5. The lowest BCUT2D eigenvalue weighted by atomic mass is 9.70. The summed E-state index contributed by atoms with van der Waals surface area (Å²) >= 11 is 0. The highest BCUT2D eigenvalue weighted by Crippen LogP contribution is 2.63. The number of aliphatic imine (C=N–C) groups is 2. The van der Waals surface area contributed by atoms with Crippen LogP contribution < -0.4 is 0 Å². The SMILES string of the molecule is N=C(/N=C(\N=C\c1cccc2oc3ccc(-c4ccc(-c5ccc6c(c5)C5(c7ccccc7-c7ccccc75)c5ccccc5-6)cc4)cc3c12)c1ccc2c(c1)oc1ccccc12)c1cccc(-c2ccccc2)c1. The standard InChI is InChI=1S/C70H43N3O2/c71-68(49-17-12-16-46(38-49)43-14-2-1-3-15-43)73-69(50-33-36-57-56-22-7-11-26-63(56)75-66(57)41-50)72-42-51-18-13-27-65-67(51)58-39-47(34-37-64(58)74-65)44-28-30-45(31-29-44)48-32-35-55-54-21-6-10-25-61(54)70(62(55)40-48)59-23-8-4-19-52(59)53-20-5-9-24-60(53)70/h1-42,71H/b71-68?,72-42+,73-69-. The number of hydrogen-bond donors (Lipinski definition) is 1. The molecule has 0 saturated heterocycles. The Hall–Kier alpha value is -9.97. The normalized spacial score (nSPS) is 13.3. The van der Waals surface area contributed by atoms with E-state index in [0.717, 1.165) is 82.8 Å². The van der Waals surface area contributed by atoms with Gasteiger partial charge in [-0.1, -0.05) is 200 Å². The Morgan fingerprint density at radius 2 is 0.893 bits per heavy atom. The van der Waals surface area contributed by atoms with Crippen LogP contribution in [0.5, 0.6) is 0 Å². The number of nitrogens with zero attached hydrogens (tertiary/aromatic N) is 2. The summed E-state index contributed by atoms with van der Waals surface area (Å²) in [6.45, 7) is 0. The summed E-state index contributed by atoms with van der Waals surface area (Å²) in [5.41, 5.74) is 22.2. The van der Waals surface area contributed by atoms with Crippen LogP contribution in [0.1, 0.15) is 38.9 Å². The van der Waals surface area contributed by atoms with E-state index in [2.05, 4.69) is 164 Å². The minimum atomic E-state index is -0.391. The quantitative estimate of drug-likeness (QED) is 0.133. The van der Waals surface area contributed by atoms with Gasteiger partial charge in [-0.25, -0.2) is 9.98 Å². The lowest BCUT2D eigenvalue weighted by Gasteiger charge is -2.30. The molecule has 0 atom stereocenters. The van der Waals surface area contributed by atoms with Crippen LogP contribution in [0.2, 0.25) is 0 Å². The maximum absolute atomic E-state index is 9.32. The molecule has 11 aromatic carbocycles. The first kappa shape index (κ1) is 42.7. The van der Waals surface area contributed by atoms with E-state index in [0.29, 0.717) is 11.4 Å². The molecular weight excluding hydrogens is 915 g/mol. The first-order chi connectivity index (χ1) is 37.1. The number of para-hydroxylation sites is 1. The lowest BCUT2D eigenvalue weighted by molar-refractivity contribution is 0.668. The average molecular weight is 958 g/mol. The fourth-order valence-electron chi connectivity index (χ4n) is 12.1. The van der Waals surface area contributed by atoms with E-state index in [1.807, 2.05) is 91.1 Å². The Kier molecular flexibility index (Phi) is 9.57. The number of nitrogens with one attached hydrogen (secondary N) is 1. The minimum absolute atomic E-state index is 0.100. The van der Waals surface area contributed by atoms with Gasteiger partial charge in [-0.05, 0) is 126 Å². The van der Waals surface area contributed by atoms with E-state index in [4.69, 9.17) is 18.8 Å². The fraction of sp³-hybridized carbons (Fsp3) is 0.0143. The summed E-state index contributed by atoms with van der Waals surface area (Å²) < 4.78 is 12.8. The molecule has 0 saturated carbocycles. The first-order valence-corrected chi connectivity index (χ1v) is 25.4. The van der Waals surface area contributed by atoms with E-state index >= 15 is 0 Å². The monoisotopic (exact) mass is 957 g/mol. The smallest absolute Gasteiger partial charge is 0.161 e. The summed E-state index contributed by atoms with van der Waals surface area (Å²) in [6.07, 6.45) is 1.84. The molecule has 1 spiro atoms. The van der Waals surface area contributed by atoms with Gasteiger partial charge in [0.25, 0.3) is 0 Å². The third kappa shape index (κ3) is 6.68. The molecule has 2 heterocycles. The molecule has 0 amide bonds. The van der Waals surface area contributed by atoms with Crippen molar-refractivity contribution in [2.75, 3.05) is 0 Å². The topological polar surface area (TPSA) is 74.8 Å². The Labute approximate surface area is 432 Å². The molecule has 2 aliphatic rings. The van der Waals surface area contributed by atoms with E-state index in [1.54, 1.807) is 0 Å². The highest BCUT2D eigenvalue weighted by molar-refractivity contribution is 6.19. The zero-order valence-electron chi connectivity index (χ0n) is 40.5. The molecule has 2 aliphatic carbocycles. The molecule has 350 valence electrons. The van der Waals surface area contributed by atoms with Gasteiger partial charge in [0.2, 0.25) is 0 Å². The van der Waals surface area contributed by atoms with Gasteiger partial charge in [-0.2, -0.15) is 0 Å². The molecule has 1 N–H and O–H groups in total. The molecular formula is C70H43N3O2. The van der Waals surface area contributed by atoms with Crippen molar-refractivity contribution in [3.05, 3.63) is 288 Å². The molecule has 0 aliphatic heterocycles. The Morgan fingerprint density at radius 1 is 0.360 bits per heavy atom. The van der Waals surface area contributed by atoms with Crippen LogP contribution in [-0.2, 0) is 5.41 Å². The maximum atomic E-state index is 9.32. The molecule has 0 bridgehead atoms. The number of benzene rings is 11. The molecule has 13 aromatic rings. The van der Waals surface area contributed by atoms with Crippen molar-refractivity contribution in [3.63, 3.8) is 0 Å². The Morgan fingerprint density at radius 3 is 1.64 bits per heavy atom. The number of furan rings is 2. The van der Waals surface area contributed by atoms with Crippen molar-refractivity contribution in [2.24, 2.45) is 9.98 Å². The van der Waals surface area contributed by atoms with Crippen LogP contribution in [0.15, 0.2) is 268 Å². The van der Waals surface area contributed by atoms with Crippen LogP contribution in [-0.4, -0.2) is 17.9 Å². The van der Waals surface area contributed by atoms with Crippen LogP contribution in [0.4, 0.5) is 0 Å². The van der Waals surface area contributed by atoms with Gasteiger partial charge in [-0.15, -0.1) is 0 Å². The molecule has 75 heavy (non-hydrogen) atoms. The predicted molar refractivity (Wildman–Crippen MR) is 307 cm³/mol. The van der Waals surface area contributed by atoms with Crippen molar-refractivity contribution < 1.29 is 8.83 Å². The average Bonchev–Trinajstić information content (AvgIpc) is 4.22. The minimum Gasteiger partial charge on any atom is -0.456 e. The van der Waals surface area contributed by atoms with E-state index in [1.165, 1.54) is 50.1 Å². The Balaban J connectivity index is 0.791. The summed E-state index contributed by atoms with van der Waals surface area (Å²) in [5, 5.41) is 13.3. The van der Waals surface area contributed by atoms with Crippen LogP contribution in [0, 0.1) is 5.41 Å². The molecule has 5 heteroatoms. The highest BCUT2D eigenvalue weighted by Gasteiger charge is 2.51. The van der Waals surface area contributed by atoms with Gasteiger partial charge in [-0.3, -0.25) is 5.41 Å². The number of amidine groups is 2. The molecule has 0 radical (unpaired) electrons. The summed E-state index contributed by atoms with van der Waals surface area (Å²) in [7, 11) is 0. The van der Waals surface area contributed by atoms with Gasteiger partial charge >= 0.3 is 0 Å². The van der Waals surface area contributed by atoms with Crippen molar-refractivity contribution in [2.45, 2.75) is 5.41 Å². The summed E-state index contributed by atoms with van der Waals surface area (Å²) in [5.74, 6) is 0.488. The van der Waals surface area contributed by atoms with Crippen molar-refractivity contribution >= 4 is 61.8 Å². The Bertz CT molecular complexity index is 4490. The van der Waals surface area contributed by atoms with E-state index in [9.17, 15) is 5.41 Å². The second-order valence-corrected chi connectivity index (χ2v) is 19.6. The summed E-state index contributed by atoms with van der Waals surface area (Å²) in [4.78, 5) is 10.0. The largest absolute Gasteiger partial charge is 0.456 e. The second kappa shape index (κ2) is 16.8. The number of hydrogen-bond acceptors (Lipinski definition) is 3.